The second kappa shape index (κ2) is 18.5. The number of nitrogens with zero attached hydrogens (tertiary/aromatic N) is 10. The first-order valence-electron chi connectivity index (χ1n) is 23.9. The van der Waals surface area contributed by atoms with Crippen molar-refractivity contribution in [3.8, 4) is 28.6 Å². The van der Waals surface area contributed by atoms with Gasteiger partial charge < -0.3 is 20.4 Å². The number of anilines is 3. The minimum atomic E-state index is -0.555. The molecule has 4 aromatic heterocycles. The van der Waals surface area contributed by atoms with Crippen LogP contribution < -0.4 is 25.8 Å². The lowest BCUT2D eigenvalue weighted by Crippen LogP contribution is -2.52. The Labute approximate surface area is 383 Å². The second-order valence-electron chi connectivity index (χ2n) is 19.1. The number of benzene rings is 1. The summed E-state index contributed by atoms with van der Waals surface area (Å²) in [5.41, 5.74) is 4.85. The topological polar surface area (TPSA) is 182 Å². The number of amides is 3. The lowest BCUT2D eigenvalue weighted by Gasteiger charge is -2.42. The van der Waals surface area contributed by atoms with Crippen LogP contribution in [-0.2, 0) is 14.4 Å². The molecule has 0 unspecified atom stereocenters. The molecule has 2 saturated carbocycles. The quantitative estimate of drug-likeness (QED) is 0.123. The SMILES string of the molecule is CCC1(C(=O)NC2CCC2)CCN(c2ccc(-c3nc(-c4cnn([C@H]5CC[C@H](CN6CCN(c7ccc(N[C@@H]8CCC(=O)NC8=O)cc7F)CC6)CC5)c4)cn4ncc(C#N)c34)cn2)CC1. The molecular formula is C49H58FN13O3. The van der Waals surface area contributed by atoms with Gasteiger partial charge in [0.1, 0.15) is 34.8 Å². The van der Waals surface area contributed by atoms with E-state index in [0.29, 0.717) is 52.2 Å². The van der Waals surface area contributed by atoms with Crippen molar-refractivity contribution in [2.24, 2.45) is 11.3 Å². The maximum absolute atomic E-state index is 15.3. The lowest BCUT2D eigenvalue weighted by atomic mass is 9.74. The fourth-order valence-corrected chi connectivity index (χ4v) is 10.6. The Balaban J connectivity index is 0.738. The van der Waals surface area contributed by atoms with Crippen LogP contribution in [0.2, 0.25) is 0 Å². The summed E-state index contributed by atoms with van der Waals surface area (Å²) in [4.78, 5) is 53.8. The third kappa shape index (κ3) is 8.82. The summed E-state index contributed by atoms with van der Waals surface area (Å²) >= 11 is 0. The van der Waals surface area contributed by atoms with Crippen LogP contribution in [0.4, 0.5) is 21.6 Å². The van der Waals surface area contributed by atoms with Gasteiger partial charge in [-0.1, -0.05) is 6.92 Å². The summed E-state index contributed by atoms with van der Waals surface area (Å²) < 4.78 is 19.1. The van der Waals surface area contributed by atoms with Crippen molar-refractivity contribution in [1.82, 2.24) is 44.9 Å². The predicted octanol–water partition coefficient (Wildman–Crippen LogP) is 6.10. The van der Waals surface area contributed by atoms with Crippen molar-refractivity contribution < 1.29 is 18.8 Å². The molecular weight excluding hydrogens is 838 g/mol. The van der Waals surface area contributed by atoms with Gasteiger partial charge in [0.2, 0.25) is 17.7 Å². The number of carbonyl (C=O) groups excluding carboxylic acids is 3. The molecule has 17 heteroatoms. The number of halogens is 1. The summed E-state index contributed by atoms with van der Waals surface area (Å²) in [7, 11) is 0. The summed E-state index contributed by atoms with van der Waals surface area (Å²) in [5.74, 6) is 0.678. The van der Waals surface area contributed by atoms with Crippen LogP contribution in [0.5, 0.6) is 0 Å². The minimum Gasteiger partial charge on any atom is -0.374 e. The second-order valence-corrected chi connectivity index (χ2v) is 19.1. The zero-order valence-corrected chi connectivity index (χ0v) is 37.6. The number of nitriles is 1. The molecule has 16 nitrogen and oxygen atoms in total. The third-order valence-corrected chi connectivity index (χ3v) is 15.1. The normalized spacial score (nSPS) is 22.7. The summed E-state index contributed by atoms with van der Waals surface area (Å²) in [5, 5.41) is 28.1. The first kappa shape index (κ1) is 43.5. The van der Waals surface area contributed by atoms with Crippen molar-refractivity contribution in [3.05, 3.63) is 72.7 Å². The van der Waals surface area contributed by atoms with Gasteiger partial charge in [0.05, 0.1) is 47.1 Å². The van der Waals surface area contributed by atoms with E-state index in [1.165, 1.54) is 12.5 Å². The zero-order valence-electron chi connectivity index (χ0n) is 37.6. The number of hydrogen-bond acceptors (Lipinski definition) is 12. The van der Waals surface area contributed by atoms with E-state index in [0.717, 1.165) is 121 Å². The molecule has 3 amide bonds. The van der Waals surface area contributed by atoms with Crippen molar-refractivity contribution in [2.75, 3.05) is 60.9 Å². The van der Waals surface area contributed by atoms with Crippen LogP contribution in [0.1, 0.15) is 95.6 Å². The molecule has 3 N–H and O–H groups in total. The molecule has 5 aliphatic rings. The predicted molar refractivity (Wildman–Crippen MR) is 248 cm³/mol. The van der Waals surface area contributed by atoms with Crippen LogP contribution in [0, 0.1) is 28.5 Å². The molecule has 5 fully saturated rings. The van der Waals surface area contributed by atoms with Crippen LogP contribution in [-0.4, -0.2) is 110 Å². The van der Waals surface area contributed by atoms with E-state index in [1.54, 1.807) is 22.8 Å². The van der Waals surface area contributed by atoms with E-state index in [9.17, 15) is 19.6 Å². The molecule has 2 aliphatic carbocycles. The Morgan fingerprint density at radius 3 is 2.39 bits per heavy atom. The molecule has 3 aliphatic heterocycles. The van der Waals surface area contributed by atoms with Crippen LogP contribution in [0.25, 0.3) is 28.0 Å². The Bertz CT molecular complexity index is 2630. The van der Waals surface area contributed by atoms with Gasteiger partial charge in [0.15, 0.2) is 0 Å². The van der Waals surface area contributed by atoms with Gasteiger partial charge in [-0.15, -0.1) is 0 Å². The number of carbonyl (C=O) groups is 3. The van der Waals surface area contributed by atoms with Gasteiger partial charge in [-0.25, -0.2) is 18.9 Å². The largest absolute Gasteiger partial charge is 0.374 e. The molecule has 0 bridgehead atoms. The maximum atomic E-state index is 15.3. The zero-order chi connectivity index (χ0) is 45.4. The number of nitrogens with one attached hydrogen (secondary N) is 3. The Morgan fingerprint density at radius 2 is 1.71 bits per heavy atom. The number of imide groups is 1. The standard InChI is InChI=1S/C49H58FN13O3/c1-2-49(48(66)56-36-4-3-5-36)16-18-61(19-17-49)43-14-8-33(26-52-43)45-46-34(25-51)27-54-63(46)31-41(57-45)35-28-53-62(30-35)38-10-6-32(7-11-38)29-59-20-22-60(23-21-59)42-13-9-37(24-39(42)50)55-40-12-15-44(64)58-47(40)65/h8-9,13-14,24,26-28,30-32,36,38,40,55H,2-7,10-12,15-23,29H2,1H3,(H,56,66)(H,58,64,65)/t32-,38-,40-/m1/s1. The Morgan fingerprint density at radius 1 is 0.909 bits per heavy atom. The van der Waals surface area contributed by atoms with E-state index in [4.69, 9.17) is 15.1 Å². The maximum Gasteiger partial charge on any atom is 0.249 e. The number of rotatable bonds is 12. The number of aromatic nitrogens is 6. The van der Waals surface area contributed by atoms with Gasteiger partial charge in [0, 0.05) is 87.5 Å². The van der Waals surface area contributed by atoms with Gasteiger partial charge in [0.25, 0.3) is 0 Å². The van der Waals surface area contributed by atoms with E-state index in [1.807, 2.05) is 30.7 Å². The van der Waals surface area contributed by atoms with Gasteiger partial charge in [-0.3, -0.25) is 29.3 Å². The molecule has 344 valence electrons. The number of piperidine rings is 2. The number of fused-ring (bicyclic) bond motifs is 1. The average Bonchev–Trinajstić information content (AvgIpc) is 4.00. The molecule has 3 saturated heterocycles. The fraction of sp³-hybridized carbons (Fsp3) is 0.510. The highest BCUT2D eigenvalue weighted by molar-refractivity contribution is 6.01. The smallest absolute Gasteiger partial charge is 0.249 e. The minimum absolute atomic E-state index is 0.212. The Kier molecular flexibility index (Phi) is 12.2. The van der Waals surface area contributed by atoms with Crippen molar-refractivity contribution in [3.63, 3.8) is 0 Å². The number of hydrogen-bond donors (Lipinski definition) is 3. The first-order valence-corrected chi connectivity index (χ1v) is 23.9. The molecule has 0 radical (unpaired) electrons. The van der Waals surface area contributed by atoms with E-state index in [2.05, 4.69) is 59.6 Å². The van der Waals surface area contributed by atoms with E-state index in [-0.39, 0.29) is 41.4 Å². The summed E-state index contributed by atoms with van der Waals surface area (Å²) in [6, 6.07) is 11.4. The van der Waals surface area contributed by atoms with Gasteiger partial charge >= 0.3 is 0 Å². The van der Waals surface area contributed by atoms with Crippen LogP contribution in [0.15, 0.2) is 61.3 Å². The van der Waals surface area contributed by atoms with Gasteiger partial charge in [-0.2, -0.15) is 15.5 Å². The molecule has 10 rings (SSSR count). The highest BCUT2D eigenvalue weighted by Gasteiger charge is 2.41. The number of pyridine rings is 1. The molecule has 1 atom stereocenters. The molecule has 0 spiro atoms. The van der Waals surface area contributed by atoms with Crippen molar-refractivity contribution in [1.29, 1.82) is 5.26 Å². The number of piperazine rings is 1. The van der Waals surface area contributed by atoms with Crippen molar-refractivity contribution >= 4 is 40.4 Å². The van der Waals surface area contributed by atoms with E-state index < -0.39 is 6.04 Å². The lowest BCUT2D eigenvalue weighted by molar-refractivity contribution is -0.134. The Hall–Kier alpha value is -6.41. The first-order chi connectivity index (χ1) is 32.1. The third-order valence-electron chi connectivity index (χ3n) is 15.1. The molecule has 66 heavy (non-hydrogen) atoms. The van der Waals surface area contributed by atoms with Crippen LogP contribution in [0.3, 0.4) is 0 Å². The van der Waals surface area contributed by atoms with Crippen molar-refractivity contribution in [2.45, 2.75) is 102 Å². The highest BCUT2D eigenvalue weighted by Crippen LogP contribution is 2.39. The van der Waals surface area contributed by atoms with E-state index >= 15 is 4.39 Å². The molecule has 5 aromatic rings. The monoisotopic (exact) mass is 895 g/mol. The molecule has 1 aromatic carbocycles. The average molecular weight is 896 g/mol. The molecule has 7 heterocycles. The highest BCUT2D eigenvalue weighted by atomic mass is 19.1. The summed E-state index contributed by atoms with van der Waals surface area (Å²) in [6.07, 6.45) is 19.9. The van der Waals surface area contributed by atoms with Gasteiger partial charge in [-0.05, 0) is 107 Å². The summed E-state index contributed by atoms with van der Waals surface area (Å²) in [6.45, 7) is 7.88. The fourth-order valence-electron chi connectivity index (χ4n) is 10.6. The van der Waals surface area contributed by atoms with Crippen LogP contribution >= 0.6 is 0 Å².